The smallest absolute Gasteiger partial charge is 0.375 e. The molecule has 1 heterocycles. The van der Waals surface area contributed by atoms with Gasteiger partial charge in [0.1, 0.15) is 0 Å². The maximum absolute atomic E-state index is 11.5. The quantitative estimate of drug-likeness (QED) is 0.570. The highest BCUT2D eigenvalue weighted by Crippen LogP contribution is 2.23. The zero-order chi connectivity index (χ0) is 15.0. The van der Waals surface area contributed by atoms with E-state index in [4.69, 9.17) is 9.47 Å². The number of aliphatic hydroxyl groups is 2. The van der Waals surface area contributed by atoms with Gasteiger partial charge in [0, 0.05) is 12.8 Å². The first-order valence-corrected chi connectivity index (χ1v) is 7.29. The Morgan fingerprint density at radius 3 is 2.20 bits per heavy atom. The number of aliphatic hydroxyl groups excluding tert-OH is 1. The van der Waals surface area contributed by atoms with Crippen molar-refractivity contribution < 1.29 is 29.3 Å². The van der Waals surface area contributed by atoms with Crippen LogP contribution in [0, 0.1) is 0 Å². The van der Waals surface area contributed by atoms with Crippen molar-refractivity contribution in [3.8, 4) is 0 Å². The molecule has 0 radical (unpaired) electrons. The van der Waals surface area contributed by atoms with E-state index in [1.165, 1.54) is 0 Å². The van der Waals surface area contributed by atoms with E-state index >= 15 is 0 Å². The van der Waals surface area contributed by atoms with Gasteiger partial charge in [0.05, 0.1) is 12.5 Å². The molecule has 6 nitrogen and oxygen atoms in total. The number of carbonyl (C=O) groups is 2. The van der Waals surface area contributed by atoms with E-state index in [9.17, 15) is 19.8 Å². The molecule has 1 saturated heterocycles. The van der Waals surface area contributed by atoms with Gasteiger partial charge in [-0.3, -0.25) is 9.59 Å². The third-order valence-corrected chi connectivity index (χ3v) is 3.19. The average Bonchev–Trinajstić information content (AvgIpc) is 2.39. The van der Waals surface area contributed by atoms with Gasteiger partial charge in [-0.25, -0.2) is 0 Å². The van der Waals surface area contributed by atoms with E-state index in [1.807, 2.05) is 6.92 Å². The highest BCUT2D eigenvalue weighted by Gasteiger charge is 2.39. The number of rotatable bonds is 6. The second kappa shape index (κ2) is 8.21. The van der Waals surface area contributed by atoms with Gasteiger partial charge in [-0.15, -0.1) is 0 Å². The van der Waals surface area contributed by atoms with Crippen LogP contribution in [0.25, 0.3) is 0 Å². The van der Waals surface area contributed by atoms with Gasteiger partial charge in [0.25, 0.3) is 0 Å². The number of cyclic esters (lactones) is 2. The van der Waals surface area contributed by atoms with Gasteiger partial charge in [0.2, 0.25) is 0 Å². The van der Waals surface area contributed by atoms with Gasteiger partial charge in [-0.2, -0.15) is 0 Å². The number of hydrogen-bond acceptors (Lipinski definition) is 6. The van der Waals surface area contributed by atoms with Crippen LogP contribution >= 0.6 is 0 Å². The summed E-state index contributed by atoms with van der Waals surface area (Å²) in [6, 6.07) is 0. The molecule has 0 aromatic heterocycles. The van der Waals surface area contributed by atoms with Gasteiger partial charge in [0.15, 0.2) is 0 Å². The molecule has 1 aliphatic heterocycles. The normalized spacial score (nSPS) is 21.1. The fourth-order valence-corrected chi connectivity index (χ4v) is 2.13. The van der Waals surface area contributed by atoms with E-state index in [2.05, 4.69) is 0 Å². The van der Waals surface area contributed by atoms with Crippen LogP contribution in [0.1, 0.15) is 64.7 Å². The summed E-state index contributed by atoms with van der Waals surface area (Å²) in [5, 5.41) is 20.0. The first-order chi connectivity index (χ1) is 9.45. The van der Waals surface area contributed by atoms with Crippen LogP contribution in [0.4, 0.5) is 0 Å². The lowest BCUT2D eigenvalue weighted by atomic mass is 10.1. The Hall–Kier alpha value is -1.14. The molecule has 116 valence electrons. The van der Waals surface area contributed by atoms with Gasteiger partial charge in [-0.1, -0.05) is 26.2 Å². The molecule has 0 aliphatic carbocycles. The van der Waals surface area contributed by atoms with Crippen molar-refractivity contribution in [2.75, 3.05) is 0 Å². The summed E-state index contributed by atoms with van der Waals surface area (Å²) in [5.74, 6) is -3.59. The minimum absolute atomic E-state index is 0.130. The molecule has 1 atom stereocenters. The lowest BCUT2D eigenvalue weighted by Crippen LogP contribution is -2.42. The van der Waals surface area contributed by atoms with E-state index in [0.29, 0.717) is 19.3 Å². The molecule has 1 aliphatic rings. The second-order valence-corrected chi connectivity index (χ2v) is 5.22. The Bertz CT molecular complexity index is 308. The molecule has 0 amide bonds. The van der Waals surface area contributed by atoms with Crippen molar-refractivity contribution in [3.05, 3.63) is 0 Å². The molecular weight excluding hydrogens is 264 g/mol. The summed E-state index contributed by atoms with van der Waals surface area (Å²) < 4.78 is 9.64. The summed E-state index contributed by atoms with van der Waals surface area (Å²) in [7, 11) is 0. The molecule has 6 heteroatoms. The molecule has 1 fully saturated rings. The van der Waals surface area contributed by atoms with E-state index < -0.39 is 24.0 Å². The second-order valence-electron chi connectivity index (χ2n) is 5.22. The molecule has 2 N–H and O–H groups in total. The van der Waals surface area contributed by atoms with E-state index in [-0.39, 0.29) is 19.3 Å². The number of hydrogen-bond donors (Lipinski definition) is 2. The lowest BCUT2D eigenvalue weighted by molar-refractivity contribution is -0.333. The van der Waals surface area contributed by atoms with Crippen LogP contribution in [0.3, 0.4) is 0 Å². The summed E-state index contributed by atoms with van der Waals surface area (Å²) in [4.78, 5) is 23.0. The van der Waals surface area contributed by atoms with Crippen molar-refractivity contribution in [3.63, 3.8) is 0 Å². The highest BCUT2D eigenvalue weighted by molar-refractivity contribution is 5.72. The first-order valence-electron chi connectivity index (χ1n) is 7.29. The Labute approximate surface area is 119 Å². The molecular formula is C14H24O6. The summed E-state index contributed by atoms with van der Waals surface area (Å²) in [5.41, 5.74) is 0. The summed E-state index contributed by atoms with van der Waals surface area (Å²) in [6.45, 7) is 2.04. The van der Waals surface area contributed by atoms with Crippen LogP contribution < -0.4 is 0 Å². The monoisotopic (exact) mass is 288 g/mol. The van der Waals surface area contributed by atoms with Gasteiger partial charge < -0.3 is 19.7 Å². The van der Waals surface area contributed by atoms with Crippen molar-refractivity contribution in [2.45, 2.75) is 76.8 Å². The lowest BCUT2D eigenvalue weighted by Gasteiger charge is -2.28. The number of unbranched alkanes of at least 4 members (excludes halogenated alkanes) is 2. The number of ether oxygens (including phenoxy) is 2. The minimum Gasteiger partial charge on any atom is -0.398 e. The van der Waals surface area contributed by atoms with Crippen molar-refractivity contribution in [2.24, 2.45) is 0 Å². The van der Waals surface area contributed by atoms with Crippen LogP contribution in [0.2, 0.25) is 0 Å². The van der Waals surface area contributed by atoms with Crippen LogP contribution in [-0.2, 0) is 19.1 Å². The summed E-state index contributed by atoms with van der Waals surface area (Å²) in [6.07, 6.45) is 3.35. The number of esters is 2. The van der Waals surface area contributed by atoms with E-state index in [1.54, 1.807) is 0 Å². The van der Waals surface area contributed by atoms with Crippen LogP contribution in [0.15, 0.2) is 0 Å². The minimum atomic E-state index is -2.34. The van der Waals surface area contributed by atoms with Crippen molar-refractivity contribution in [1.29, 1.82) is 0 Å². The molecule has 0 bridgehead atoms. The molecule has 0 aromatic carbocycles. The maximum Gasteiger partial charge on any atom is 0.375 e. The predicted octanol–water partition coefficient (Wildman–Crippen LogP) is 1.62. The zero-order valence-corrected chi connectivity index (χ0v) is 12.0. The predicted molar refractivity (Wildman–Crippen MR) is 70.4 cm³/mol. The van der Waals surface area contributed by atoms with Gasteiger partial charge >= 0.3 is 17.9 Å². The Morgan fingerprint density at radius 1 is 1.15 bits per heavy atom. The van der Waals surface area contributed by atoms with Crippen molar-refractivity contribution >= 4 is 11.9 Å². The Morgan fingerprint density at radius 2 is 1.70 bits per heavy atom. The molecule has 20 heavy (non-hydrogen) atoms. The molecule has 0 aromatic rings. The van der Waals surface area contributed by atoms with Crippen LogP contribution in [0.5, 0.6) is 0 Å². The van der Waals surface area contributed by atoms with Crippen LogP contribution in [-0.4, -0.2) is 34.2 Å². The highest BCUT2D eigenvalue weighted by atomic mass is 16.8. The Kier molecular flexibility index (Phi) is 6.95. The number of carbonyl (C=O) groups excluding carboxylic acids is 2. The standard InChI is InChI=1S/C14H24O6/c1-2-3-4-7-11(15)10-14(18)19-12(16)8-5-6-9-13(17)20-14/h11,15,18H,2-10H2,1H3. The van der Waals surface area contributed by atoms with Crippen molar-refractivity contribution in [1.82, 2.24) is 0 Å². The molecule has 0 spiro atoms. The first kappa shape index (κ1) is 16.9. The zero-order valence-electron chi connectivity index (χ0n) is 12.0. The topological polar surface area (TPSA) is 93.1 Å². The summed E-state index contributed by atoms with van der Waals surface area (Å²) >= 11 is 0. The maximum atomic E-state index is 11.5. The molecule has 1 unspecified atom stereocenters. The van der Waals surface area contributed by atoms with Gasteiger partial charge in [-0.05, 0) is 19.3 Å². The fourth-order valence-electron chi connectivity index (χ4n) is 2.13. The largest absolute Gasteiger partial charge is 0.398 e. The average molecular weight is 288 g/mol. The fraction of sp³-hybridized carbons (Fsp3) is 0.857. The third-order valence-electron chi connectivity index (χ3n) is 3.19. The molecule has 0 saturated carbocycles. The third kappa shape index (κ3) is 6.34. The Balaban J connectivity index is 2.59. The molecule has 1 rings (SSSR count). The SMILES string of the molecule is CCCCCC(O)CC1(O)OC(=O)CCCCC(=O)O1. The van der Waals surface area contributed by atoms with E-state index in [0.717, 1.165) is 19.3 Å².